The lowest BCUT2D eigenvalue weighted by molar-refractivity contribution is -0.136. The molecule has 2 aromatic carbocycles. The monoisotopic (exact) mass is 603 g/mol. The predicted molar refractivity (Wildman–Crippen MR) is 151 cm³/mol. The van der Waals surface area contributed by atoms with Gasteiger partial charge >= 0.3 is 4.87 Å². The Morgan fingerprint density at radius 2 is 1.74 bits per heavy atom. The molecule has 0 aliphatic carbocycles. The molecule has 3 atom stereocenters. The highest BCUT2D eigenvalue weighted by Crippen LogP contribution is 2.55. The minimum Gasteiger partial charge on any atom is -0.378 e. The average molecular weight is 605 g/mol. The lowest BCUT2D eigenvalue weighted by Crippen LogP contribution is -2.43. The SMILES string of the molecule is Cc1ccc(N2C(=O)C3Sc4c(sc(=O)n4CC(=O)N4CCOCC4)C(c4cccc(Cl)c4Cl)C3C2=O)cc1. The summed E-state index contributed by atoms with van der Waals surface area (Å²) < 4.78 is 6.77. The molecule has 0 spiro atoms. The van der Waals surface area contributed by atoms with Gasteiger partial charge in [-0.1, -0.05) is 76.1 Å². The molecule has 202 valence electrons. The Labute approximate surface area is 242 Å². The Bertz CT molecular complexity index is 1550. The van der Waals surface area contributed by atoms with Crippen molar-refractivity contribution in [1.82, 2.24) is 9.47 Å². The second kappa shape index (κ2) is 10.4. The molecule has 0 saturated carbocycles. The van der Waals surface area contributed by atoms with Crippen LogP contribution in [0.2, 0.25) is 10.0 Å². The number of thioether (sulfide) groups is 1. The first-order valence-electron chi connectivity index (χ1n) is 12.4. The van der Waals surface area contributed by atoms with Crippen molar-refractivity contribution in [3.05, 3.63) is 78.2 Å². The lowest BCUT2D eigenvalue weighted by Gasteiger charge is -2.31. The van der Waals surface area contributed by atoms with Crippen LogP contribution in [0.15, 0.2) is 52.3 Å². The Morgan fingerprint density at radius 1 is 1.03 bits per heavy atom. The first-order chi connectivity index (χ1) is 18.8. The predicted octanol–water partition coefficient (Wildman–Crippen LogP) is 4.18. The number of hydrogen-bond acceptors (Lipinski definition) is 7. The van der Waals surface area contributed by atoms with Crippen LogP contribution in [-0.4, -0.2) is 58.7 Å². The van der Waals surface area contributed by atoms with Gasteiger partial charge < -0.3 is 9.64 Å². The standard InChI is InChI=1S/C27H23Cl2N3O5S2/c1-14-5-7-15(8-6-14)32-24(34)20-19(16-3-2-4-17(28)21(16)29)23-26(38-22(20)25(32)35)31(27(36)39-23)13-18(33)30-9-11-37-12-10-30/h2-8,19-20,22H,9-13H2,1H3. The molecule has 6 rings (SSSR count). The fourth-order valence-electron chi connectivity index (χ4n) is 5.35. The van der Waals surface area contributed by atoms with E-state index in [1.54, 1.807) is 35.2 Å². The van der Waals surface area contributed by atoms with Gasteiger partial charge in [0.1, 0.15) is 11.8 Å². The van der Waals surface area contributed by atoms with Crippen LogP contribution in [0.25, 0.3) is 0 Å². The molecule has 12 heteroatoms. The maximum absolute atomic E-state index is 14.0. The number of halogens is 2. The average Bonchev–Trinajstić information content (AvgIpc) is 3.38. The lowest BCUT2D eigenvalue weighted by atomic mass is 9.83. The van der Waals surface area contributed by atoms with E-state index in [2.05, 4.69) is 0 Å². The van der Waals surface area contributed by atoms with Crippen molar-refractivity contribution < 1.29 is 19.1 Å². The summed E-state index contributed by atoms with van der Waals surface area (Å²) in [5.74, 6) is -2.39. The van der Waals surface area contributed by atoms with Crippen molar-refractivity contribution in [2.75, 3.05) is 31.2 Å². The third-order valence-electron chi connectivity index (χ3n) is 7.32. The van der Waals surface area contributed by atoms with Gasteiger partial charge in [0, 0.05) is 23.9 Å². The molecule has 2 saturated heterocycles. The maximum atomic E-state index is 14.0. The first kappa shape index (κ1) is 26.6. The summed E-state index contributed by atoms with van der Waals surface area (Å²) >= 11 is 15.2. The topological polar surface area (TPSA) is 88.9 Å². The molecule has 0 N–H and O–H groups in total. The van der Waals surface area contributed by atoms with Gasteiger partial charge in [-0.3, -0.25) is 23.7 Å². The molecule has 39 heavy (non-hydrogen) atoms. The van der Waals surface area contributed by atoms with E-state index in [1.807, 2.05) is 19.1 Å². The molecule has 3 aromatic rings. The van der Waals surface area contributed by atoms with E-state index in [0.29, 0.717) is 52.5 Å². The number of thiazole rings is 1. The van der Waals surface area contributed by atoms with Gasteiger partial charge in [0.2, 0.25) is 17.7 Å². The van der Waals surface area contributed by atoms with Crippen LogP contribution in [0.1, 0.15) is 21.9 Å². The highest BCUT2D eigenvalue weighted by atomic mass is 35.5. The molecule has 2 fully saturated rings. The number of fused-ring (bicyclic) bond motifs is 2. The Balaban J connectivity index is 1.46. The minimum atomic E-state index is -0.801. The van der Waals surface area contributed by atoms with E-state index in [1.165, 1.54) is 21.2 Å². The molecule has 4 heterocycles. The fourth-order valence-corrected chi connectivity index (χ4v) is 8.54. The number of aromatic nitrogens is 1. The van der Waals surface area contributed by atoms with Gasteiger partial charge in [0.05, 0.1) is 39.9 Å². The highest BCUT2D eigenvalue weighted by molar-refractivity contribution is 8.00. The second-order valence-electron chi connectivity index (χ2n) is 9.65. The van der Waals surface area contributed by atoms with Gasteiger partial charge in [0.15, 0.2) is 0 Å². The van der Waals surface area contributed by atoms with Gasteiger partial charge in [0.25, 0.3) is 0 Å². The number of hydrogen-bond donors (Lipinski definition) is 0. The number of anilines is 1. The van der Waals surface area contributed by atoms with Gasteiger partial charge in [-0.25, -0.2) is 4.90 Å². The number of carbonyl (C=O) groups excluding carboxylic acids is 3. The quantitative estimate of drug-likeness (QED) is 0.416. The molecule has 0 radical (unpaired) electrons. The van der Waals surface area contributed by atoms with Crippen LogP contribution in [0.5, 0.6) is 0 Å². The van der Waals surface area contributed by atoms with Crippen molar-refractivity contribution in [2.45, 2.75) is 29.7 Å². The molecule has 8 nitrogen and oxygen atoms in total. The summed E-state index contributed by atoms with van der Waals surface area (Å²) in [5, 5.41) is 0.296. The van der Waals surface area contributed by atoms with Gasteiger partial charge in [-0.15, -0.1) is 0 Å². The van der Waals surface area contributed by atoms with Crippen LogP contribution in [0.3, 0.4) is 0 Å². The van der Waals surface area contributed by atoms with Crippen LogP contribution in [0.4, 0.5) is 5.69 Å². The molecule has 3 aliphatic heterocycles. The minimum absolute atomic E-state index is 0.158. The molecule has 1 aromatic heterocycles. The number of imide groups is 1. The zero-order valence-electron chi connectivity index (χ0n) is 20.8. The van der Waals surface area contributed by atoms with Crippen molar-refractivity contribution in [2.24, 2.45) is 5.92 Å². The van der Waals surface area contributed by atoms with E-state index in [-0.39, 0.29) is 34.2 Å². The molecule has 3 unspecified atom stereocenters. The Morgan fingerprint density at radius 3 is 2.46 bits per heavy atom. The number of amides is 3. The van der Waals surface area contributed by atoms with Crippen LogP contribution in [-0.2, 0) is 25.7 Å². The number of carbonyl (C=O) groups is 3. The molecular weight excluding hydrogens is 581 g/mol. The fraction of sp³-hybridized carbons (Fsp3) is 0.333. The summed E-state index contributed by atoms with van der Waals surface area (Å²) in [6, 6.07) is 12.4. The zero-order chi connectivity index (χ0) is 27.4. The second-order valence-corrected chi connectivity index (χ2v) is 12.6. The smallest absolute Gasteiger partial charge is 0.308 e. The van der Waals surface area contributed by atoms with E-state index >= 15 is 0 Å². The first-order valence-corrected chi connectivity index (χ1v) is 14.9. The number of benzene rings is 2. The van der Waals surface area contributed by atoms with Crippen LogP contribution >= 0.6 is 46.3 Å². The molecular formula is C27H23Cl2N3O5S2. The molecule has 3 aliphatic rings. The molecule has 0 bridgehead atoms. The van der Waals surface area contributed by atoms with E-state index in [9.17, 15) is 19.2 Å². The van der Waals surface area contributed by atoms with Gasteiger partial charge in [-0.05, 0) is 30.7 Å². The normalized spacial score (nSPS) is 22.7. The summed E-state index contributed by atoms with van der Waals surface area (Å²) in [5.41, 5.74) is 2.06. The number of nitrogens with zero attached hydrogens (tertiary/aromatic N) is 3. The van der Waals surface area contributed by atoms with Crippen molar-refractivity contribution in [3.8, 4) is 0 Å². The number of morpholine rings is 1. The maximum Gasteiger partial charge on any atom is 0.308 e. The highest BCUT2D eigenvalue weighted by Gasteiger charge is 2.57. The largest absolute Gasteiger partial charge is 0.378 e. The Hall–Kier alpha value is -2.63. The molecule has 3 amide bonds. The van der Waals surface area contributed by atoms with Crippen molar-refractivity contribution in [1.29, 1.82) is 0 Å². The van der Waals surface area contributed by atoms with E-state index in [4.69, 9.17) is 27.9 Å². The van der Waals surface area contributed by atoms with E-state index in [0.717, 1.165) is 16.9 Å². The van der Waals surface area contributed by atoms with E-state index < -0.39 is 17.1 Å². The summed E-state index contributed by atoms with van der Waals surface area (Å²) in [6.07, 6.45) is 0. The van der Waals surface area contributed by atoms with Crippen molar-refractivity contribution in [3.63, 3.8) is 0 Å². The summed E-state index contributed by atoms with van der Waals surface area (Å²) in [7, 11) is 0. The van der Waals surface area contributed by atoms with Crippen LogP contribution < -0.4 is 9.77 Å². The third-order valence-corrected chi connectivity index (χ3v) is 10.8. The summed E-state index contributed by atoms with van der Waals surface area (Å²) in [6.45, 7) is 3.58. The van der Waals surface area contributed by atoms with Gasteiger partial charge in [-0.2, -0.15) is 0 Å². The third kappa shape index (κ3) is 4.52. The summed E-state index contributed by atoms with van der Waals surface area (Å²) in [4.78, 5) is 57.3. The zero-order valence-corrected chi connectivity index (χ0v) is 23.9. The van der Waals surface area contributed by atoms with Crippen LogP contribution in [0, 0.1) is 12.8 Å². The number of aryl methyl sites for hydroxylation is 1. The number of rotatable bonds is 4. The Kier molecular flexibility index (Phi) is 7.09. The number of ether oxygens (including phenoxy) is 1. The van der Waals surface area contributed by atoms with Crippen molar-refractivity contribution >= 4 is 69.7 Å².